The van der Waals surface area contributed by atoms with E-state index >= 15 is 0 Å². The van der Waals surface area contributed by atoms with Gasteiger partial charge in [0.1, 0.15) is 6.07 Å². The molecule has 0 aromatic heterocycles. The average Bonchev–Trinajstić information content (AvgIpc) is 1.83. The molecule has 0 rings (SSSR count). The van der Waals surface area contributed by atoms with Crippen molar-refractivity contribution < 1.29 is 9.53 Å². The van der Waals surface area contributed by atoms with Crippen molar-refractivity contribution in [2.45, 2.75) is 0 Å². The Bertz CT molecular complexity index is 143. The van der Waals surface area contributed by atoms with Gasteiger partial charge in [0.15, 0.2) is 0 Å². The van der Waals surface area contributed by atoms with E-state index < -0.39 is 5.78 Å². The van der Waals surface area contributed by atoms with Crippen LogP contribution in [0.5, 0.6) is 0 Å². The van der Waals surface area contributed by atoms with Gasteiger partial charge in [-0.25, -0.2) is 0 Å². The summed E-state index contributed by atoms with van der Waals surface area (Å²) in [6.45, 7) is 0. The summed E-state index contributed by atoms with van der Waals surface area (Å²) in [6.07, 6.45) is 2.21. The maximum absolute atomic E-state index is 10.0. The third-order valence-electron chi connectivity index (χ3n) is 0.466. The second-order valence-corrected chi connectivity index (χ2v) is 1.01. The number of nitriles is 1. The number of rotatable bonds is 2. The molecule has 0 unspecified atom stereocenters. The van der Waals surface area contributed by atoms with Gasteiger partial charge in [-0.1, -0.05) is 0 Å². The Morgan fingerprint density at radius 2 is 2.50 bits per heavy atom. The summed E-state index contributed by atoms with van der Waals surface area (Å²) in [6, 6.07) is 1.39. The fourth-order valence-electron chi connectivity index (χ4n) is 0.167. The van der Waals surface area contributed by atoms with Gasteiger partial charge in [-0.15, -0.1) is 0 Å². The Morgan fingerprint density at radius 1 is 1.88 bits per heavy atom. The molecule has 0 aliphatic heterocycles. The maximum Gasteiger partial charge on any atom is 0.258 e. The van der Waals surface area contributed by atoms with Crippen molar-refractivity contribution in [1.82, 2.24) is 0 Å². The number of ketones is 1. The van der Waals surface area contributed by atoms with E-state index in [-0.39, 0.29) is 0 Å². The molecule has 0 bridgehead atoms. The molecule has 3 nitrogen and oxygen atoms in total. The normalized spacial score (nSPS) is 8.50. The summed E-state index contributed by atoms with van der Waals surface area (Å²) in [4.78, 5) is 10.0. The number of allylic oxidation sites excluding steroid dienone is 1. The Morgan fingerprint density at radius 3 is 2.88 bits per heavy atom. The van der Waals surface area contributed by atoms with Crippen LogP contribution >= 0.6 is 0 Å². The first-order valence-corrected chi connectivity index (χ1v) is 1.94. The Kier molecular flexibility index (Phi) is 3.25. The van der Waals surface area contributed by atoms with Crippen LogP contribution in [-0.2, 0) is 9.53 Å². The molecule has 0 saturated carbocycles. The molecule has 8 heavy (non-hydrogen) atoms. The van der Waals surface area contributed by atoms with Crippen LogP contribution in [0, 0.1) is 11.3 Å². The number of ether oxygens (including phenoxy) is 1. The van der Waals surface area contributed by atoms with Crippen LogP contribution < -0.4 is 0 Å². The zero-order chi connectivity index (χ0) is 6.41. The smallest absolute Gasteiger partial charge is 0.258 e. The van der Waals surface area contributed by atoms with E-state index in [4.69, 9.17) is 5.26 Å². The predicted octanol–water partition coefficient (Wildman–Crippen LogP) is 0.239. The number of methoxy groups -OCH3 is 1. The van der Waals surface area contributed by atoms with Crippen LogP contribution in [0.25, 0.3) is 0 Å². The standard InChI is InChI=1S/C5H5NO2/c1-8-3-2-5(7)4-6/h2-3H,1H3/b3-2+. The minimum absolute atomic E-state index is 0.605. The number of carbonyl (C=O) groups is 1. The second-order valence-electron chi connectivity index (χ2n) is 1.01. The van der Waals surface area contributed by atoms with Crippen molar-refractivity contribution >= 4 is 5.78 Å². The largest absolute Gasteiger partial charge is 0.504 e. The van der Waals surface area contributed by atoms with Crippen molar-refractivity contribution in [2.75, 3.05) is 7.11 Å². The minimum atomic E-state index is -0.605. The molecule has 0 aliphatic rings. The van der Waals surface area contributed by atoms with Crippen LogP contribution in [0.1, 0.15) is 0 Å². The lowest BCUT2D eigenvalue weighted by Crippen LogP contribution is -1.83. The molecule has 0 spiro atoms. The van der Waals surface area contributed by atoms with Crippen molar-refractivity contribution in [3.63, 3.8) is 0 Å². The molecule has 0 aromatic rings. The lowest BCUT2D eigenvalue weighted by molar-refractivity contribution is -0.109. The molecule has 0 atom stereocenters. The summed E-state index contributed by atoms with van der Waals surface area (Å²) in [7, 11) is 1.40. The van der Waals surface area contributed by atoms with Crippen molar-refractivity contribution in [1.29, 1.82) is 5.26 Å². The zero-order valence-corrected chi connectivity index (χ0v) is 4.42. The molecular formula is C5H5NO2. The predicted molar refractivity (Wildman–Crippen MR) is 26.8 cm³/mol. The van der Waals surface area contributed by atoms with Gasteiger partial charge in [0, 0.05) is 6.08 Å². The summed E-state index contributed by atoms with van der Waals surface area (Å²) in [5.41, 5.74) is 0. The summed E-state index contributed by atoms with van der Waals surface area (Å²) in [5, 5.41) is 7.86. The molecule has 0 fully saturated rings. The van der Waals surface area contributed by atoms with Crippen LogP contribution in [0.4, 0.5) is 0 Å². The van der Waals surface area contributed by atoms with Gasteiger partial charge >= 0.3 is 0 Å². The van der Waals surface area contributed by atoms with E-state index in [9.17, 15) is 4.79 Å². The van der Waals surface area contributed by atoms with E-state index in [1.807, 2.05) is 0 Å². The number of carbonyl (C=O) groups excluding carboxylic acids is 1. The van der Waals surface area contributed by atoms with Gasteiger partial charge in [0.2, 0.25) is 0 Å². The van der Waals surface area contributed by atoms with E-state index in [0.29, 0.717) is 0 Å². The van der Waals surface area contributed by atoms with Gasteiger partial charge in [-0.2, -0.15) is 5.26 Å². The summed E-state index contributed by atoms with van der Waals surface area (Å²) >= 11 is 0. The first kappa shape index (κ1) is 6.70. The first-order valence-electron chi connectivity index (χ1n) is 1.94. The maximum atomic E-state index is 10.0. The second kappa shape index (κ2) is 3.88. The molecule has 0 aliphatic carbocycles. The Balaban J connectivity index is 3.58. The average molecular weight is 111 g/mol. The molecule has 0 saturated heterocycles. The third-order valence-corrected chi connectivity index (χ3v) is 0.466. The molecular weight excluding hydrogens is 106 g/mol. The number of hydrogen-bond donors (Lipinski definition) is 0. The van der Waals surface area contributed by atoms with Crippen LogP contribution in [0.2, 0.25) is 0 Å². The fourth-order valence-corrected chi connectivity index (χ4v) is 0.167. The monoisotopic (exact) mass is 111 g/mol. The first-order chi connectivity index (χ1) is 3.81. The van der Waals surface area contributed by atoms with Crippen LogP contribution in [0.3, 0.4) is 0 Å². The topological polar surface area (TPSA) is 50.1 Å². The highest BCUT2D eigenvalue weighted by Crippen LogP contribution is 1.73. The zero-order valence-electron chi connectivity index (χ0n) is 4.42. The van der Waals surface area contributed by atoms with Gasteiger partial charge in [0.25, 0.3) is 5.78 Å². The lowest BCUT2D eigenvalue weighted by Gasteiger charge is -1.79. The van der Waals surface area contributed by atoms with E-state index in [1.54, 1.807) is 0 Å². The SMILES string of the molecule is CO/C=C/C(=O)C#N. The number of nitrogens with zero attached hydrogens (tertiary/aromatic N) is 1. The minimum Gasteiger partial charge on any atom is -0.504 e. The van der Waals surface area contributed by atoms with Gasteiger partial charge in [-0.05, 0) is 0 Å². The quantitative estimate of drug-likeness (QED) is 0.291. The molecule has 0 aromatic carbocycles. The summed E-state index contributed by atoms with van der Waals surface area (Å²) in [5.74, 6) is -0.605. The van der Waals surface area contributed by atoms with Gasteiger partial charge < -0.3 is 4.74 Å². The van der Waals surface area contributed by atoms with Crippen molar-refractivity contribution in [3.05, 3.63) is 12.3 Å². The van der Waals surface area contributed by atoms with Gasteiger partial charge in [0.05, 0.1) is 13.4 Å². The molecule has 3 heteroatoms. The number of hydrogen-bond acceptors (Lipinski definition) is 3. The van der Waals surface area contributed by atoms with E-state index in [1.165, 1.54) is 13.2 Å². The molecule has 0 radical (unpaired) electrons. The highest BCUT2D eigenvalue weighted by Gasteiger charge is 1.85. The highest BCUT2D eigenvalue weighted by atomic mass is 16.5. The Hall–Kier alpha value is -1.30. The molecule has 0 N–H and O–H groups in total. The van der Waals surface area contributed by atoms with E-state index in [2.05, 4.69) is 4.74 Å². The van der Waals surface area contributed by atoms with E-state index in [0.717, 1.165) is 12.3 Å². The molecule has 42 valence electrons. The molecule has 0 heterocycles. The third kappa shape index (κ3) is 2.91. The molecule has 0 amide bonds. The van der Waals surface area contributed by atoms with Crippen molar-refractivity contribution in [3.8, 4) is 6.07 Å². The summed E-state index contributed by atoms with van der Waals surface area (Å²) < 4.78 is 4.36. The van der Waals surface area contributed by atoms with Crippen LogP contribution in [0.15, 0.2) is 12.3 Å². The highest BCUT2D eigenvalue weighted by molar-refractivity contribution is 6.02. The van der Waals surface area contributed by atoms with Crippen LogP contribution in [-0.4, -0.2) is 12.9 Å². The lowest BCUT2D eigenvalue weighted by atomic mass is 10.4. The fraction of sp³-hybridized carbons (Fsp3) is 0.200. The van der Waals surface area contributed by atoms with Gasteiger partial charge in [-0.3, -0.25) is 4.79 Å². The Labute approximate surface area is 47.2 Å². The van der Waals surface area contributed by atoms with Crippen molar-refractivity contribution in [2.24, 2.45) is 0 Å².